The zero-order chi connectivity index (χ0) is 77.2. The third kappa shape index (κ3) is 17.5. The molecule has 3 aliphatic carbocycles. The van der Waals surface area contributed by atoms with E-state index >= 15 is 8.78 Å². The monoisotopic (exact) mass is 1620 g/mol. The fourth-order valence-corrected chi connectivity index (χ4v) is 17.5. The molecule has 0 bridgehead atoms. The highest BCUT2D eigenvalue weighted by Gasteiger charge is 2.75. The standard InChI is InChI=1S/2C26H28Cl2FN3O3.C14H7Cl2FN2O.C8H14O.C4H9NO2.3CH4/c2*1-4-35-22(33)20-18(15-7-12-30-21(28)19(15)29)26(25(32-20)10-8-24(2,3)9-11-25)16-6-5-14(27)13-17(16)31-23(26)34;15-8-1-2-9-10(14(20)19-11(9)6-8)5-7-3-4-18-13(16)12(7)17;1-8(2)5-3-7(9)4-6-8;1-2-7-4(6)3-5;;;/h2*5-7,12-13,18,20,32H,4,8-11H2,1-3H3,(H,31,34);1-6H,(H,19,20);3-6H2,1-2H3;2-3,5H2,1H3;3*1H4/t18-,20+,26+;18-,20-,26?;;;;;;/m01....../s1. The Morgan fingerprint density at radius 3 is 1.27 bits per heavy atom. The van der Waals surface area contributed by atoms with Crippen molar-refractivity contribution in [3.05, 3.63) is 173 Å². The number of pyridine rings is 3. The Hall–Kier alpha value is -7.25. The lowest BCUT2D eigenvalue weighted by Crippen LogP contribution is -2.61. The molecule has 109 heavy (non-hydrogen) atoms. The van der Waals surface area contributed by atoms with E-state index in [1.807, 2.05) is 12.1 Å². The summed E-state index contributed by atoms with van der Waals surface area (Å²) in [5.41, 5.74) is 6.00. The van der Waals surface area contributed by atoms with Crippen molar-refractivity contribution in [2.75, 3.05) is 42.3 Å². The van der Waals surface area contributed by atoms with Crippen LogP contribution in [0.3, 0.4) is 0 Å². The van der Waals surface area contributed by atoms with Crippen molar-refractivity contribution in [2.45, 2.75) is 207 Å². The Balaban J connectivity index is 0.000000208. The predicted molar refractivity (Wildman–Crippen MR) is 425 cm³/mol. The molecular weight excluding hydrogens is 1530 g/mol. The second kappa shape index (κ2) is 35.6. The summed E-state index contributed by atoms with van der Waals surface area (Å²) in [5.74, 6) is -5.78. The Morgan fingerprint density at radius 2 is 0.881 bits per heavy atom. The summed E-state index contributed by atoms with van der Waals surface area (Å²) in [7, 11) is 0. The topological polar surface area (TPSA) is 272 Å². The molecule has 3 aromatic heterocycles. The number of hydrogen-bond donors (Lipinski definition) is 6. The number of benzene rings is 3. The van der Waals surface area contributed by atoms with Crippen LogP contribution in [-0.4, -0.2) is 106 Å². The van der Waals surface area contributed by atoms with Gasteiger partial charge in [0, 0.05) is 97.5 Å². The van der Waals surface area contributed by atoms with Gasteiger partial charge in [0.2, 0.25) is 11.8 Å². The number of nitrogens with two attached hydrogens (primary N) is 1. The summed E-state index contributed by atoms with van der Waals surface area (Å²) in [5, 5.41) is 16.4. The average Bonchev–Trinajstić information content (AvgIpc) is 1.51. The molecule has 2 saturated heterocycles. The van der Waals surface area contributed by atoms with E-state index in [0.29, 0.717) is 97.9 Å². The number of carbonyl (C=O) groups is 7. The number of Topliss-reactive ketones (excluding diaryl/α,β-unsaturated/α-hetero) is 1. The molecule has 8 aliphatic rings. The number of halogens is 9. The van der Waals surface area contributed by atoms with E-state index in [4.69, 9.17) is 84.8 Å². The van der Waals surface area contributed by atoms with Gasteiger partial charge in [-0.3, -0.25) is 44.2 Å². The van der Waals surface area contributed by atoms with Crippen LogP contribution in [0.25, 0.3) is 11.6 Å². The quantitative estimate of drug-likeness (QED) is 0.0340. The van der Waals surface area contributed by atoms with Crippen LogP contribution in [0.15, 0.2) is 91.4 Å². The van der Waals surface area contributed by atoms with E-state index in [1.54, 1.807) is 63.2 Å². The molecule has 3 saturated carbocycles. The van der Waals surface area contributed by atoms with Crippen molar-refractivity contribution in [1.82, 2.24) is 25.6 Å². The highest BCUT2D eigenvalue weighted by molar-refractivity contribution is 6.37. The second-order valence-electron chi connectivity index (χ2n) is 30.0. The molecule has 1 unspecified atom stereocenters. The van der Waals surface area contributed by atoms with Gasteiger partial charge in [0.05, 0.1) is 32.1 Å². The molecule has 19 nitrogen and oxygen atoms in total. The lowest BCUT2D eigenvalue weighted by molar-refractivity contribution is -0.146. The fourth-order valence-electron chi connectivity index (χ4n) is 16.5. The molecule has 3 amide bonds. The molecule has 590 valence electrons. The molecule has 28 heteroatoms. The summed E-state index contributed by atoms with van der Waals surface area (Å²) >= 11 is 36.3. The number of amides is 3. The van der Waals surface area contributed by atoms with Gasteiger partial charge in [-0.2, -0.15) is 0 Å². The van der Waals surface area contributed by atoms with Gasteiger partial charge >= 0.3 is 17.9 Å². The van der Waals surface area contributed by atoms with Gasteiger partial charge < -0.3 is 35.9 Å². The van der Waals surface area contributed by atoms with E-state index in [-0.39, 0.29) is 109 Å². The predicted octanol–water partition coefficient (Wildman–Crippen LogP) is 18.3. The van der Waals surface area contributed by atoms with Crippen LogP contribution in [0.1, 0.15) is 207 Å². The maximum Gasteiger partial charge on any atom is 0.323 e. The number of ketones is 1. The van der Waals surface area contributed by atoms with Crippen molar-refractivity contribution in [2.24, 2.45) is 22.0 Å². The van der Waals surface area contributed by atoms with Gasteiger partial charge in [0.15, 0.2) is 32.9 Å². The number of hydrogen-bond acceptors (Lipinski definition) is 16. The van der Waals surface area contributed by atoms with Gasteiger partial charge in [0.25, 0.3) is 5.91 Å². The second-order valence-corrected chi connectivity index (χ2v) is 32.4. The minimum Gasteiger partial charge on any atom is -0.465 e. The van der Waals surface area contributed by atoms with Crippen LogP contribution < -0.4 is 32.3 Å². The van der Waals surface area contributed by atoms with E-state index < -0.39 is 75.2 Å². The van der Waals surface area contributed by atoms with Crippen molar-refractivity contribution in [1.29, 1.82) is 0 Å². The minimum absolute atomic E-state index is 0. The zero-order valence-corrected chi connectivity index (χ0v) is 64.8. The molecule has 5 fully saturated rings. The number of carbonyl (C=O) groups excluding carboxylic acids is 7. The first-order valence-electron chi connectivity index (χ1n) is 35.3. The first-order chi connectivity index (χ1) is 50.1. The number of anilines is 3. The Bertz CT molecular complexity index is 4250. The van der Waals surface area contributed by atoms with Crippen molar-refractivity contribution in [3.8, 4) is 0 Å². The number of nitrogens with one attached hydrogen (secondary N) is 5. The average molecular weight is 1630 g/mol. The van der Waals surface area contributed by atoms with E-state index in [1.165, 1.54) is 42.9 Å². The number of nitrogens with zero attached hydrogens (tertiary/aromatic N) is 3. The SMILES string of the molecule is C.C.C.CC1(C)CCC(=O)CC1.CCOC(=O)CN.CCOC(=O)[C@@H]1NC2(CCC(C)(C)CC2)C2(C(=O)Nc3cc(Cl)ccc32)[C@@H]1c1ccnc(Cl)c1F.CCOC(=O)[C@@H]1NC2(CCC(C)(C)CC2)[C@@]2(C(=O)Nc3cc(Cl)ccc32)[C@H]1c1ccnc(Cl)c1F.O=C1Nc2cc(Cl)ccc2C1=Cc1ccnc(Cl)c1F. The fraction of sp³-hybridized carbons (Fsp3) is 0.481. The molecule has 8 heterocycles. The van der Waals surface area contributed by atoms with Crippen LogP contribution in [0.5, 0.6) is 0 Å². The molecule has 3 aromatic carbocycles. The number of fused-ring (bicyclic) bond motifs is 7. The van der Waals surface area contributed by atoms with Crippen LogP contribution in [0, 0.1) is 33.7 Å². The molecule has 6 atom stereocenters. The van der Waals surface area contributed by atoms with Gasteiger partial charge in [-0.1, -0.05) is 152 Å². The third-order valence-electron chi connectivity index (χ3n) is 22.0. The number of aromatic nitrogens is 3. The highest BCUT2D eigenvalue weighted by atomic mass is 35.5. The Morgan fingerprint density at radius 1 is 0.505 bits per heavy atom. The van der Waals surface area contributed by atoms with Gasteiger partial charge in [-0.25, -0.2) is 28.1 Å². The maximum atomic E-state index is 15.6. The number of ether oxygens (including phenoxy) is 3. The summed E-state index contributed by atoms with van der Waals surface area (Å²) < 4.78 is 60.4. The van der Waals surface area contributed by atoms with Gasteiger partial charge in [-0.15, -0.1) is 0 Å². The van der Waals surface area contributed by atoms with E-state index in [2.05, 4.69) is 87.8 Å². The smallest absolute Gasteiger partial charge is 0.323 e. The number of esters is 3. The summed E-state index contributed by atoms with van der Waals surface area (Å²) in [4.78, 5) is 99.3. The van der Waals surface area contributed by atoms with E-state index in [9.17, 15) is 38.0 Å². The Kier molecular flexibility index (Phi) is 29.1. The van der Waals surface area contributed by atoms with Gasteiger partial charge in [-0.05, 0) is 184 Å². The summed E-state index contributed by atoms with van der Waals surface area (Å²) in [6.07, 6.45) is 15.3. The molecule has 5 aliphatic heterocycles. The summed E-state index contributed by atoms with van der Waals surface area (Å²) in [6, 6.07) is 18.1. The molecule has 7 N–H and O–H groups in total. The largest absolute Gasteiger partial charge is 0.465 e. The Labute approximate surface area is 666 Å². The van der Waals surface area contributed by atoms with Crippen molar-refractivity contribution < 1.29 is 60.9 Å². The normalized spacial score (nSPS) is 23.6. The number of rotatable bonds is 9. The van der Waals surface area contributed by atoms with Crippen LogP contribution in [-0.2, 0) is 58.6 Å². The lowest BCUT2D eigenvalue weighted by atomic mass is 9.53. The highest BCUT2D eigenvalue weighted by Crippen LogP contribution is 2.66. The van der Waals surface area contributed by atoms with E-state index in [0.717, 1.165) is 51.4 Å². The molecule has 6 aromatic rings. The maximum absolute atomic E-state index is 15.6. The molecule has 0 radical (unpaired) electrons. The minimum atomic E-state index is -1.29. The van der Waals surface area contributed by atoms with Crippen molar-refractivity contribution in [3.63, 3.8) is 0 Å². The van der Waals surface area contributed by atoms with Crippen LogP contribution in [0.4, 0.5) is 30.2 Å². The van der Waals surface area contributed by atoms with Gasteiger partial charge in [0.1, 0.15) is 28.7 Å². The zero-order valence-electron chi connectivity index (χ0n) is 60.3. The van der Waals surface area contributed by atoms with Crippen molar-refractivity contribution >= 4 is 140 Å². The summed E-state index contributed by atoms with van der Waals surface area (Å²) in [6.45, 7) is 19.2. The lowest BCUT2D eigenvalue weighted by Gasteiger charge is -2.50. The first kappa shape index (κ1) is 89.0. The molecule has 14 rings (SSSR count). The molecule has 4 spiro atoms. The molecular formula is C81H98Cl6F3N9O10. The van der Waals surface area contributed by atoms with Crippen LogP contribution >= 0.6 is 69.6 Å². The first-order valence-corrected chi connectivity index (χ1v) is 37.6. The third-order valence-corrected chi connectivity index (χ3v) is 23.5. The van der Waals surface area contributed by atoms with Crippen LogP contribution in [0.2, 0.25) is 30.5 Å².